The molecule has 0 atom stereocenters. The molecular weight excluding hydrogens is 789 g/mol. The van der Waals surface area contributed by atoms with E-state index < -0.39 is 5.41 Å². The van der Waals surface area contributed by atoms with E-state index in [4.69, 9.17) is 9.97 Å². The van der Waals surface area contributed by atoms with Gasteiger partial charge in [0.1, 0.15) is 6.07 Å². The zero-order chi connectivity index (χ0) is 43.2. The molecule has 3 aliphatic rings. The summed E-state index contributed by atoms with van der Waals surface area (Å²) in [5, 5.41) is 15.7. The Morgan fingerprint density at radius 2 is 1.02 bits per heavy atom. The van der Waals surface area contributed by atoms with E-state index in [0.717, 1.165) is 66.5 Å². The van der Waals surface area contributed by atoms with Crippen molar-refractivity contribution >= 4 is 32.6 Å². The van der Waals surface area contributed by atoms with Crippen LogP contribution in [0.1, 0.15) is 52.8 Å². The van der Waals surface area contributed by atoms with E-state index in [1.54, 1.807) is 0 Å². The molecule has 9 aromatic carbocycles. The molecule has 3 aliphatic carbocycles. The van der Waals surface area contributed by atoms with Crippen molar-refractivity contribution in [1.82, 2.24) is 14.5 Å². The molecule has 0 N–H and O–H groups in total. The summed E-state index contributed by atoms with van der Waals surface area (Å²) in [7, 11) is 0. The molecule has 2 aromatic heterocycles. The van der Waals surface area contributed by atoms with Crippen molar-refractivity contribution in [2.45, 2.75) is 24.7 Å². The van der Waals surface area contributed by atoms with Crippen molar-refractivity contribution in [3.05, 3.63) is 233 Å². The lowest BCUT2D eigenvalue weighted by molar-refractivity contribution is 0.658. The molecule has 2 heterocycles. The Morgan fingerprint density at radius 3 is 1.74 bits per heavy atom. The zero-order valence-corrected chi connectivity index (χ0v) is 35.8. The summed E-state index contributed by atoms with van der Waals surface area (Å²) >= 11 is 0. The Labute approximate surface area is 376 Å². The predicted molar refractivity (Wildman–Crippen MR) is 263 cm³/mol. The molecule has 0 saturated carbocycles. The Hall–Kier alpha value is -8.39. The van der Waals surface area contributed by atoms with Crippen LogP contribution in [0.2, 0.25) is 0 Å². The molecule has 0 unspecified atom stereocenters. The highest BCUT2D eigenvalue weighted by atomic mass is 15.0. The lowest BCUT2D eigenvalue weighted by Gasteiger charge is -2.30. The Morgan fingerprint density at radius 1 is 0.462 bits per heavy atom. The molecule has 0 amide bonds. The van der Waals surface area contributed by atoms with Crippen LogP contribution in [0.5, 0.6) is 0 Å². The first-order valence-electron chi connectivity index (χ1n) is 22.4. The SMILES string of the molecule is CC1(C)c2ccccc2-c2nc(-c3ccc(-n4c5ccccc5c5cc6ccccc6cc54)c(C#N)c3)nc(-c3cccc4c3-c3ccccc3C43c4ccccc4-c4ccccc43)c21. The number of nitrogens with zero attached hydrogens (tertiary/aromatic N) is 4. The van der Waals surface area contributed by atoms with Crippen LogP contribution in [0.25, 0.3) is 94.4 Å². The van der Waals surface area contributed by atoms with E-state index in [2.05, 4.69) is 213 Å². The quantitative estimate of drug-likeness (QED) is 0.178. The molecule has 4 heteroatoms. The molecule has 0 saturated heterocycles. The molecule has 0 fully saturated rings. The highest BCUT2D eigenvalue weighted by Crippen LogP contribution is 2.64. The summed E-state index contributed by atoms with van der Waals surface area (Å²) in [5.41, 5.74) is 20.0. The maximum absolute atomic E-state index is 11.0. The fraction of sp³-hybridized carbons (Fsp3) is 0.0656. The fourth-order valence-corrected chi connectivity index (χ4v) is 12.2. The molecule has 302 valence electrons. The second-order valence-corrected chi connectivity index (χ2v) is 18.3. The van der Waals surface area contributed by atoms with E-state index in [0.29, 0.717) is 11.4 Å². The van der Waals surface area contributed by atoms with Gasteiger partial charge in [-0.25, -0.2) is 9.97 Å². The van der Waals surface area contributed by atoms with E-state index in [1.165, 1.54) is 55.5 Å². The highest BCUT2D eigenvalue weighted by molar-refractivity contribution is 6.14. The number of hydrogen-bond acceptors (Lipinski definition) is 3. The van der Waals surface area contributed by atoms with Crippen molar-refractivity contribution < 1.29 is 0 Å². The third-order valence-corrected chi connectivity index (χ3v) is 14.8. The summed E-state index contributed by atoms with van der Waals surface area (Å²) in [4.78, 5) is 11.2. The van der Waals surface area contributed by atoms with Crippen molar-refractivity contribution in [1.29, 1.82) is 5.26 Å². The first kappa shape index (κ1) is 36.1. The van der Waals surface area contributed by atoms with Crippen molar-refractivity contribution in [3.63, 3.8) is 0 Å². The monoisotopic (exact) mass is 826 g/mol. The van der Waals surface area contributed by atoms with Gasteiger partial charge in [0.2, 0.25) is 0 Å². The van der Waals surface area contributed by atoms with E-state index in [9.17, 15) is 5.26 Å². The number of fused-ring (bicyclic) bond motifs is 17. The number of nitriles is 1. The third kappa shape index (κ3) is 4.59. The average molecular weight is 827 g/mol. The standard InChI is InChI=1S/C61H38N4/c1-60(2)47-24-10-8-22-44(47)57-56(60)58(45-23-15-28-51-55(45)43-21-7-13-27-50(43)61(51)48-25-11-5-18-40(48)41-19-6-12-26-49(41)61)64-59(63-57)38-30-31-52(39(32-38)35-62)65-53-29-14-9-20-42(53)46-33-36-16-3-4-17-37(36)34-54(46)65/h3-34H,1-2H3. The maximum atomic E-state index is 11.0. The third-order valence-electron chi connectivity index (χ3n) is 14.8. The smallest absolute Gasteiger partial charge is 0.160 e. The zero-order valence-electron chi connectivity index (χ0n) is 35.8. The first-order valence-corrected chi connectivity index (χ1v) is 22.4. The normalized spacial score (nSPS) is 14.2. The van der Waals surface area contributed by atoms with Gasteiger partial charge < -0.3 is 4.57 Å². The van der Waals surface area contributed by atoms with Gasteiger partial charge in [0.05, 0.1) is 39.1 Å². The topological polar surface area (TPSA) is 54.5 Å². The minimum absolute atomic E-state index is 0.382. The van der Waals surface area contributed by atoms with Crippen molar-refractivity contribution in [3.8, 4) is 67.9 Å². The molecule has 0 bridgehead atoms. The molecule has 0 aliphatic heterocycles. The van der Waals surface area contributed by atoms with Crippen LogP contribution in [0.4, 0.5) is 0 Å². The number of rotatable bonds is 3. The number of aromatic nitrogens is 3. The minimum Gasteiger partial charge on any atom is -0.308 e. The van der Waals surface area contributed by atoms with Gasteiger partial charge in [-0.1, -0.05) is 172 Å². The average Bonchev–Trinajstić information content (AvgIpc) is 4.03. The minimum atomic E-state index is -0.483. The number of para-hydroxylation sites is 1. The molecular formula is C61H38N4. The summed E-state index contributed by atoms with van der Waals surface area (Å²) in [5.74, 6) is 0.595. The lowest BCUT2D eigenvalue weighted by Crippen LogP contribution is -2.25. The molecule has 65 heavy (non-hydrogen) atoms. The van der Waals surface area contributed by atoms with Crippen LogP contribution in [-0.2, 0) is 10.8 Å². The van der Waals surface area contributed by atoms with Crippen LogP contribution in [0.15, 0.2) is 194 Å². The van der Waals surface area contributed by atoms with Gasteiger partial charge in [0, 0.05) is 38.4 Å². The van der Waals surface area contributed by atoms with Crippen LogP contribution in [-0.4, -0.2) is 14.5 Å². The van der Waals surface area contributed by atoms with Gasteiger partial charge in [0.15, 0.2) is 5.82 Å². The van der Waals surface area contributed by atoms with E-state index in [1.807, 2.05) is 6.07 Å². The van der Waals surface area contributed by atoms with E-state index >= 15 is 0 Å². The van der Waals surface area contributed by atoms with Gasteiger partial charge >= 0.3 is 0 Å². The van der Waals surface area contributed by atoms with Gasteiger partial charge in [-0.05, 0) is 97.2 Å². The van der Waals surface area contributed by atoms with Crippen LogP contribution in [0.3, 0.4) is 0 Å². The summed E-state index contributed by atoms with van der Waals surface area (Å²) in [6, 6.07) is 72.6. The summed E-state index contributed by atoms with van der Waals surface area (Å²) < 4.78 is 2.24. The molecule has 1 spiro atoms. The van der Waals surface area contributed by atoms with Crippen molar-refractivity contribution in [2.75, 3.05) is 0 Å². The summed E-state index contributed by atoms with van der Waals surface area (Å²) in [6.07, 6.45) is 0. The predicted octanol–water partition coefficient (Wildman–Crippen LogP) is 14.6. The fourth-order valence-electron chi connectivity index (χ4n) is 12.2. The van der Waals surface area contributed by atoms with Crippen molar-refractivity contribution in [2.24, 2.45) is 0 Å². The van der Waals surface area contributed by atoms with Crippen LogP contribution in [0, 0.1) is 11.3 Å². The van der Waals surface area contributed by atoms with E-state index in [-0.39, 0.29) is 5.41 Å². The van der Waals surface area contributed by atoms with Crippen LogP contribution >= 0.6 is 0 Å². The Bertz CT molecular complexity index is 3910. The van der Waals surface area contributed by atoms with Gasteiger partial charge in [-0.3, -0.25) is 0 Å². The first-order chi connectivity index (χ1) is 32.0. The number of benzene rings is 9. The molecule has 4 nitrogen and oxygen atoms in total. The Balaban J connectivity index is 1.03. The van der Waals surface area contributed by atoms with Crippen LogP contribution < -0.4 is 0 Å². The van der Waals surface area contributed by atoms with Gasteiger partial charge in [0.25, 0.3) is 0 Å². The molecule has 0 radical (unpaired) electrons. The highest BCUT2D eigenvalue weighted by Gasteiger charge is 2.52. The van der Waals surface area contributed by atoms with Gasteiger partial charge in [-0.2, -0.15) is 5.26 Å². The largest absolute Gasteiger partial charge is 0.308 e. The Kier molecular flexibility index (Phi) is 7.14. The molecule has 14 rings (SSSR count). The number of hydrogen-bond donors (Lipinski definition) is 0. The lowest BCUT2D eigenvalue weighted by atomic mass is 9.70. The second kappa shape index (κ2) is 12.8. The maximum Gasteiger partial charge on any atom is 0.160 e. The van der Waals surface area contributed by atoms with Gasteiger partial charge in [-0.15, -0.1) is 0 Å². The second-order valence-electron chi connectivity index (χ2n) is 18.3. The summed E-state index contributed by atoms with van der Waals surface area (Å²) in [6.45, 7) is 4.62. The molecule has 11 aromatic rings.